The lowest BCUT2D eigenvalue weighted by Crippen LogP contribution is -2.46. The molecule has 40 heavy (non-hydrogen) atoms. The fourth-order valence-corrected chi connectivity index (χ4v) is 3.47. The summed E-state index contributed by atoms with van der Waals surface area (Å²) in [4.78, 5) is 24.8. The van der Waals surface area contributed by atoms with Crippen molar-refractivity contribution in [1.82, 2.24) is 5.32 Å². The Bertz CT molecular complexity index is 1300. The quantitative estimate of drug-likeness (QED) is 0.117. The first-order valence-electron chi connectivity index (χ1n) is 11.8. The first-order chi connectivity index (χ1) is 18.6. The molecule has 0 saturated heterocycles. The second-order valence-corrected chi connectivity index (χ2v) is 8.48. The highest BCUT2D eigenvalue weighted by atomic mass is 19.4. The Hall–Kier alpha value is -4.41. The van der Waals surface area contributed by atoms with Crippen LogP contribution in [0.2, 0.25) is 0 Å². The van der Waals surface area contributed by atoms with Gasteiger partial charge in [0, 0.05) is 22.9 Å². The van der Waals surface area contributed by atoms with Crippen LogP contribution in [-0.2, 0) is 21.9 Å². The van der Waals surface area contributed by atoms with Gasteiger partial charge in [0.1, 0.15) is 12.4 Å². The molecule has 2 rings (SSSR count). The van der Waals surface area contributed by atoms with Crippen molar-refractivity contribution in [1.29, 1.82) is 5.41 Å². The third kappa shape index (κ3) is 8.55. The van der Waals surface area contributed by atoms with Crippen molar-refractivity contribution in [2.75, 3.05) is 29.9 Å². The van der Waals surface area contributed by atoms with E-state index in [0.29, 0.717) is 16.2 Å². The molecule has 0 fully saturated rings. The first kappa shape index (κ1) is 31.8. The van der Waals surface area contributed by atoms with Crippen LogP contribution in [0.1, 0.15) is 43.0 Å². The van der Waals surface area contributed by atoms with Gasteiger partial charge in [0.15, 0.2) is 0 Å². The van der Waals surface area contributed by atoms with Crippen molar-refractivity contribution in [2.24, 2.45) is 5.73 Å². The number of benzene rings is 2. The number of hydrogen-bond acceptors (Lipinski definition) is 5. The number of hydrogen-bond donors (Lipinski definition) is 4. The Balaban J connectivity index is 2.49. The topological polar surface area (TPSA) is 121 Å². The number of amidine groups is 1. The fourth-order valence-electron chi connectivity index (χ4n) is 3.47. The van der Waals surface area contributed by atoms with Crippen molar-refractivity contribution in [2.45, 2.75) is 39.2 Å². The summed E-state index contributed by atoms with van der Waals surface area (Å²) in [7, 11) is 0. The van der Waals surface area contributed by atoms with Gasteiger partial charge in [-0.05, 0) is 57.2 Å². The Kier molecular flexibility index (Phi) is 10.4. The van der Waals surface area contributed by atoms with Gasteiger partial charge < -0.3 is 21.1 Å². The van der Waals surface area contributed by atoms with Crippen molar-refractivity contribution < 1.29 is 40.7 Å². The van der Waals surface area contributed by atoms with Gasteiger partial charge in [-0.2, -0.15) is 26.3 Å². The number of carbonyl (C=O) groups is 2. The molecule has 216 valence electrons. The van der Waals surface area contributed by atoms with Crippen molar-refractivity contribution in [3.05, 3.63) is 58.7 Å². The van der Waals surface area contributed by atoms with Gasteiger partial charge in [-0.3, -0.25) is 15.1 Å². The lowest BCUT2D eigenvalue weighted by molar-refractivity contribution is -0.142. The minimum absolute atomic E-state index is 0.0140. The Labute approximate surface area is 226 Å². The van der Waals surface area contributed by atoms with Crippen LogP contribution in [0.25, 0.3) is 0 Å². The van der Waals surface area contributed by atoms with Crippen molar-refractivity contribution in [3.63, 3.8) is 0 Å². The van der Waals surface area contributed by atoms with Gasteiger partial charge in [-0.25, -0.2) is 4.79 Å². The van der Waals surface area contributed by atoms with E-state index in [9.17, 15) is 35.9 Å². The summed E-state index contributed by atoms with van der Waals surface area (Å²) in [6, 6.07) is 4.37. The molecule has 0 aliphatic rings. The maximum absolute atomic E-state index is 14.1. The van der Waals surface area contributed by atoms with E-state index < -0.39 is 59.3 Å². The molecule has 0 aliphatic carbocycles. The van der Waals surface area contributed by atoms with Crippen molar-refractivity contribution >= 4 is 29.2 Å². The second kappa shape index (κ2) is 13.1. The molecule has 2 aromatic carbocycles. The third-order valence-corrected chi connectivity index (χ3v) is 5.23. The van der Waals surface area contributed by atoms with Gasteiger partial charge in [0.05, 0.1) is 30.0 Å². The number of carbonyl (C=O) groups excluding carboxylic acids is 2. The number of amides is 2. The summed E-state index contributed by atoms with van der Waals surface area (Å²) in [6.45, 7) is 3.19. The number of nitrogens with one attached hydrogen (secondary N) is 3. The average molecular weight is 572 g/mol. The Morgan fingerprint density at radius 3 is 2.15 bits per heavy atom. The molecular formula is C26H27F6N5O3. The summed E-state index contributed by atoms with van der Waals surface area (Å²) < 4.78 is 88.7. The van der Waals surface area contributed by atoms with E-state index in [0.717, 1.165) is 0 Å². The van der Waals surface area contributed by atoms with Crippen LogP contribution < -0.4 is 21.3 Å². The number of halogens is 6. The molecule has 0 heterocycles. The summed E-state index contributed by atoms with van der Waals surface area (Å²) in [6.07, 6.45) is -10.3. The maximum Gasteiger partial charge on any atom is 0.418 e. The summed E-state index contributed by atoms with van der Waals surface area (Å²) in [5, 5.41) is 12.2. The number of rotatable bonds is 8. The van der Waals surface area contributed by atoms with Crippen LogP contribution in [0, 0.1) is 17.3 Å². The molecule has 0 saturated carbocycles. The molecule has 2 amide bonds. The molecule has 0 atom stereocenters. The van der Waals surface area contributed by atoms with E-state index in [4.69, 9.17) is 11.1 Å². The molecule has 0 bridgehead atoms. The molecule has 8 nitrogen and oxygen atoms in total. The predicted molar refractivity (Wildman–Crippen MR) is 137 cm³/mol. The van der Waals surface area contributed by atoms with E-state index in [1.807, 2.05) is 0 Å². The van der Waals surface area contributed by atoms with E-state index >= 15 is 0 Å². The molecule has 0 unspecified atom stereocenters. The SMILES string of the molecule is CCOC(=O)CNC(=O)N(c1cc(C(F)(F)F)c(C#CCNc2ccc(C(=N)N)cc2)cc1C(F)(F)F)C(C)C. The number of ether oxygens (including phenoxy) is 1. The van der Waals surface area contributed by atoms with Crippen LogP contribution in [0.4, 0.5) is 42.5 Å². The van der Waals surface area contributed by atoms with Crippen LogP contribution >= 0.6 is 0 Å². The molecule has 0 aliphatic heterocycles. The van der Waals surface area contributed by atoms with E-state index in [-0.39, 0.29) is 31.1 Å². The number of alkyl halides is 6. The van der Waals surface area contributed by atoms with E-state index in [1.54, 1.807) is 12.1 Å². The third-order valence-electron chi connectivity index (χ3n) is 5.23. The van der Waals surface area contributed by atoms with Gasteiger partial charge in [0.25, 0.3) is 0 Å². The highest BCUT2D eigenvalue weighted by Crippen LogP contribution is 2.43. The normalized spacial score (nSPS) is 11.3. The molecule has 0 radical (unpaired) electrons. The van der Waals surface area contributed by atoms with Crippen LogP contribution in [0.15, 0.2) is 36.4 Å². The second-order valence-electron chi connectivity index (χ2n) is 8.48. The van der Waals surface area contributed by atoms with Gasteiger partial charge in [-0.1, -0.05) is 11.8 Å². The molecule has 5 N–H and O–H groups in total. The van der Waals surface area contributed by atoms with Crippen molar-refractivity contribution in [3.8, 4) is 11.8 Å². The summed E-state index contributed by atoms with van der Waals surface area (Å²) in [5.41, 5.74) is 1.32. The number of nitrogen functional groups attached to an aromatic ring is 1. The molecule has 0 aromatic heterocycles. The number of esters is 1. The monoisotopic (exact) mass is 571 g/mol. The summed E-state index contributed by atoms with van der Waals surface area (Å²) in [5.74, 6) is 3.48. The standard InChI is InChI=1S/C26H27F6N5O3/c1-4-40-22(38)14-36-24(39)37(15(2)3)21-13-19(25(27,28)29)17(12-20(21)26(30,31)32)6-5-11-35-18-9-7-16(8-10-18)23(33)34/h7-10,12-13,15,35H,4,11,14H2,1-3H3,(H3,33,34)(H,36,39). The number of urea groups is 1. The number of nitrogens with two attached hydrogens (primary N) is 1. The summed E-state index contributed by atoms with van der Waals surface area (Å²) >= 11 is 0. The average Bonchev–Trinajstić information content (AvgIpc) is 2.84. The molecule has 0 spiro atoms. The zero-order chi connectivity index (χ0) is 30.3. The lowest BCUT2D eigenvalue weighted by Gasteiger charge is -2.30. The lowest BCUT2D eigenvalue weighted by atomic mass is 9.99. The number of nitrogens with zero attached hydrogens (tertiary/aromatic N) is 1. The zero-order valence-electron chi connectivity index (χ0n) is 21.7. The highest BCUT2D eigenvalue weighted by molar-refractivity contribution is 5.96. The van der Waals surface area contributed by atoms with Gasteiger partial charge in [0.2, 0.25) is 0 Å². The maximum atomic E-state index is 14.1. The van der Waals surface area contributed by atoms with Gasteiger partial charge in [-0.15, -0.1) is 0 Å². The smallest absolute Gasteiger partial charge is 0.418 e. The number of anilines is 2. The largest absolute Gasteiger partial charge is 0.465 e. The minimum atomic E-state index is -5.15. The van der Waals surface area contributed by atoms with E-state index in [2.05, 4.69) is 27.2 Å². The zero-order valence-corrected chi connectivity index (χ0v) is 21.7. The fraction of sp³-hybridized carbons (Fsp3) is 0.346. The predicted octanol–water partition coefficient (Wildman–Crippen LogP) is 4.96. The van der Waals surface area contributed by atoms with E-state index in [1.165, 1.54) is 32.9 Å². The Morgan fingerprint density at radius 1 is 1.05 bits per heavy atom. The Morgan fingerprint density at radius 2 is 1.65 bits per heavy atom. The van der Waals surface area contributed by atoms with Crippen LogP contribution in [0.5, 0.6) is 0 Å². The molecule has 2 aromatic rings. The minimum Gasteiger partial charge on any atom is -0.465 e. The van der Waals surface area contributed by atoms with Crippen LogP contribution in [-0.4, -0.2) is 43.6 Å². The van der Waals surface area contributed by atoms with Crippen LogP contribution in [0.3, 0.4) is 0 Å². The molecule has 14 heteroatoms. The van der Waals surface area contributed by atoms with Gasteiger partial charge >= 0.3 is 24.4 Å². The first-order valence-corrected chi connectivity index (χ1v) is 11.8. The molecular weight excluding hydrogens is 544 g/mol. The highest BCUT2D eigenvalue weighted by Gasteiger charge is 2.41.